The Morgan fingerprint density at radius 3 is 2.04 bits per heavy atom. The average molecular weight is 735 g/mol. The smallest absolute Gasteiger partial charge is 0.193 e. The second-order valence-electron chi connectivity index (χ2n) is 15.4. The van der Waals surface area contributed by atoms with Gasteiger partial charge in [-0.25, -0.2) is 17.6 Å². The molecule has 0 aromatic heterocycles. The van der Waals surface area contributed by atoms with Gasteiger partial charge in [0.05, 0.1) is 19.1 Å². The fourth-order valence-corrected chi connectivity index (χ4v) is 8.87. The van der Waals surface area contributed by atoms with E-state index in [1.165, 1.54) is 31.4 Å². The molecule has 0 amide bonds. The lowest BCUT2D eigenvalue weighted by Gasteiger charge is -2.52. The Bertz CT molecular complexity index is 2330. The molecule has 0 radical (unpaired) electrons. The third-order valence-electron chi connectivity index (χ3n) is 11.7. The van der Waals surface area contributed by atoms with Gasteiger partial charge in [-0.1, -0.05) is 68.5 Å². The summed E-state index contributed by atoms with van der Waals surface area (Å²) in [4.78, 5) is 4.13. The monoisotopic (exact) mass is 734 g/mol. The Kier molecular flexibility index (Phi) is 8.45. The standard InChI is InChI=1S/C44H40F4N3O3/c1-42(2)33-10-6-8-12-37(33)50(24-26-14-16-29(45)19-35(26)47)40(42)18-28-23-44(54-41-32(28)21-31(49-52)22-39(41)53-5)43(3,4)34-11-7-9-13-38(34)51(44)25-27-15-17-30(46)20-36(27)48/h6-22,28,49H,23-25H2,1-5H3/q-1/b40-18+. The number of ether oxygens (including phenoxy) is 2. The first kappa shape index (κ1) is 35.5. The van der Waals surface area contributed by atoms with Gasteiger partial charge >= 0.3 is 0 Å². The topological polar surface area (TPSA) is 60.0 Å². The van der Waals surface area contributed by atoms with Crippen molar-refractivity contribution in [2.45, 2.75) is 69.7 Å². The van der Waals surface area contributed by atoms with Crippen LogP contribution in [-0.2, 0) is 23.9 Å². The van der Waals surface area contributed by atoms with Gasteiger partial charge in [-0.05, 0) is 55.3 Å². The molecule has 6 nitrogen and oxygen atoms in total. The number of nitrogens with one attached hydrogen (secondary N) is 1. The van der Waals surface area contributed by atoms with Crippen molar-refractivity contribution >= 4 is 17.1 Å². The van der Waals surface area contributed by atoms with Crippen LogP contribution in [0.3, 0.4) is 0 Å². The fourth-order valence-electron chi connectivity index (χ4n) is 8.87. The van der Waals surface area contributed by atoms with Crippen LogP contribution < -0.4 is 24.8 Å². The van der Waals surface area contributed by atoms with E-state index >= 15 is 8.78 Å². The molecule has 0 saturated heterocycles. The van der Waals surface area contributed by atoms with Gasteiger partial charge in [0.15, 0.2) is 17.2 Å². The number of rotatable bonds is 7. The van der Waals surface area contributed by atoms with Crippen molar-refractivity contribution in [1.82, 2.24) is 0 Å². The number of allylic oxidation sites excluding steroid dienone is 2. The first-order valence-corrected chi connectivity index (χ1v) is 17.9. The summed E-state index contributed by atoms with van der Waals surface area (Å²) < 4.78 is 72.1. The Hall–Kier alpha value is -5.48. The summed E-state index contributed by atoms with van der Waals surface area (Å²) in [5, 5.41) is 12.2. The summed E-state index contributed by atoms with van der Waals surface area (Å²) >= 11 is 0. The highest BCUT2D eigenvalue weighted by Gasteiger charge is 2.62. The molecule has 278 valence electrons. The average Bonchev–Trinajstić information content (AvgIpc) is 3.46. The molecule has 3 heterocycles. The summed E-state index contributed by atoms with van der Waals surface area (Å²) in [6.45, 7) is 8.63. The molecule has 1 N–H and O–H groups in total. The molecular formula is C44H40F4N3O3-. The minimum absolute atomic E-state index is 0.0700. The molecule has 5 aromatic carbocycles. The SMILES string of the molecule is COc1cc(N[O-])cc2c1OC1(CC2/C=C2/N(Cc3ccc(F)cc3F)c3ccccc3C2(C)C)N(Cc2ccc(F)cc2F)c2ccccc2C1(C)C. The highest BCUT2D eigenvalue weighted by Crippen LogP contribution is 2.61. The highest BCUT2D eigenvalue weighted by atomic mass is 19.1. The van der Waals surface area contributed by atoms with Gasteiger partial charge in [0.1, 0.15) is 23.3 Å². The lowest BCUT2D eigenvalue weighted by molar-refractivity contribution is -0.0179. The van der Waals surface area contributed by atoms with Crippen molar-refractivity contribution in [3.8, 4) is 11.5 Å². The number of anilines is 3. The lowest BCUT2D eigenvalue weighted by atomic mass is 9.70. The molecule has 8 rings (SSSR count). The van der Waals surface area contributed by atoms with Crippen molar-refractivity contribution in [3.05, 3.63) is 165 Å². The molecule has 3 aliphatic heterocycles. The Labute approximate surface area is 312 Å². The molecule has 2 unspecified atom stereocenters. The van der Waals surface area contributed by atoms with Crippen LogP contribution in [0, 0.1) is 28.5 Å². The van der Waals surface area contributed by atoms with E-state index in [2.05, 4.69) is 49.6 Å². The number of benzene rings is 5. The van der Waals surface area contributed by atoms with Crippen LogP contribution in [-0.4, -0.2) is 12.8 Å². The van der Waals surface area contributed by atoms with Crippen LogP contribution in [0.2, 0.25) is 0 Å². The summed E-state index contributed by atoms with van der Waals surface area (Å²) in [6, 6.07) is 26.5. The zero-order valence-corrected chi connectivity index (χ0v) is 30.6. The number of para-hydroxylation sites is 2. The Balaban J connectivity index is 1.35. The van der Waals surface area contributed by atoms with E-state index in [1.807, 2.05) is 47.9 Å². The number of methoxy groups -OCH3 is 1. The lowest BCUT2D eigenvalue weighted by Crippen LogP contribution is -2.62. The van der Waals surface area contributed by atoms with Crippen molar-refractivity contribution in [3.63, 3.8) is 0 Å². The minimum atomic E-state index is -1.16. The number of nitrogens with zero attached hydrogens (tertiary/aromatic N) is 2. The van der Waals surface area contributed by atoms with Crippen molar-refractivity contribution in [2.75, 3.05) is 22.4 Å². The normalized spacial score (nSPS) is 21.1. The highest BCUT2D eigenvalue weighted by molar-refractivity contribution is 5.73. The molecular weight excluding hydrogens is 694 g/mol. The van der Waals surface area contributed by atoms with E-state index in [0.29, 0.717) is 34.6 Å². The molecule has 0 fully saturated rings. The molecule has 0 aliphatic carbocycles. The predicted octanol–water partition coefficient (Wildman–Crippen LogP) is 10.6. The second-order valence-corrected chi connectivity index (χ2v) is 15.4. The van der Waals surface area contributed by atoms with Crippen molar-refractivity contribution < 1.29 is 27.0 Å². The second kappa shape index (κ2) is 12.8. The molecule has 54 heavy (non-hydrogen) atoms. The van der Waals surface area contributed by atoms with Gasteiger partial charge in [0.2, 0.25) is 0 Å². The molecule has 10 heteroatoms. The maximum Gasteiger partial charge on any atom is 0.193 e. The van der Waals surface area contributed by atoms with E-state index in [0.717, 1.165) is 40.3 Å². The largest absolute Gasteiger partial charge is 0.761 e. The predicted molar refractivity (Wildman–Crippen MR) is 203 cm³/mol. The van der Waals surface area contributed by atoms with E-state index in [4.69, 9.17) is 9.47 Å². The number of fused-ring (bicyclic) bond motifs is 3. The number of halogens is 4. The first-order chi connectivity index (χ1) is 25.8. The fraction of sp³-hybridized carbons (Fsp3) is 0.273. The number of hydrogen-bond acceptors (Lipinski definition) is 6. The van der Waals surface area contributed by atoms with Gasteiger partial charge in [0.25, 0.3) is 0 Å². The molecule has 1 spiro atoms. The summed E-state index contributed by atoms with van der Waals surface area (Å²) in [6.07, 6.45) is 2.50. The van der Waals surface area contributed by atoms with E-state index in [-0.39, 0.29) is 18.8 Å². The molecule has 5 aromatic rings. The van der Waals surface area contributed by atoms with Crippen molar-refractivity contribution in [2.24, 2.45) is 0 Å². The molecule has 2 atom stereocenters. The van der Waals surface area contributed by atoms with Gasteiger partial charge in [-0.3, -0.25) is 0 Å². The van der Waals surface area contributed by atoms with Crippen LogP contribution in [0.4, 0.5) is 34.6 Å². The third kappa shape index (κ3) is 5.41. The minimum Gasteiger partial charge on any atom is -0.761 e. The van der Waals surface area contributed by atoms with Crippen LogP contribution in [0.5, 0.6) is 11.5 Å². The quantitative estimate of drug-likeness (QED) is 0.133. The van der Waals surface area contributed by atoms with Gasteiger partial charge in [-0.2, -0.15) is 0 Å². The van der Waals surface area contributed by atoms with Crippen LogP contribution in [0.1, 0.15) is 67.9 Å². The summed E-state index contributed by atoms with van der Waals surface area (Å²) in [5.41, 5.74) is 5.85. The Morgan fingerprint density at radius 1 is 0.796 bits per heavy atom. The maximum atomic E-state index is 15.5. The summed E-state index contributed by atoms with van der Waals surface area (Å²) in [5.74, 6) is -2.29. The summed E-state index contributed by atoms with van der Waals surface area (Å²) in [7, 11) is 1.51. The number of hydrogen-bond donors (Lipinski definition) is 1. The first-order valence-electron chi connectivity index (χ1n) is 17.9. The van der Waals surface area contributed by atoms with Crippen molar-refractivity contribution in [1.29, 1.82) is 0 Å². The van der Waals surface area contributed by atoms with Gasteiger partial charge in [-0.15, -0.1) is 0 Å². The zero-order chi connectivity index (χ0) is 38.2. The molecule has 0 saturated carbocycles. The van der Waals surface area contributed by atoms with Crippen LogP contribution in [0.15, 0.2) is 109 Å². The van der Waals surface area contributed by atoms with E-state index in [1.54, 1.807) is 12.1 Å². The van der Waals surface area contributed by atoms with Crippen LogP contribution in [0.25, 0.3) is 0 Å². The van der Waals surface area contributed by atoms with Gasteiger partial charge in [0, 0.05) is 81.9 Å². The molecule has 3 aliphatic rings. The maximum absolute atomic E-state index is 15.5. The van der Waals surface area contributed by atoms with E-state index < -0.39 is 45.7 Å². The third-order valence-corrected chi connectivity index (χ3v) is 11.7. The van der Waals surface area contributed by atoms with Gasteiger partial charge < -0.3 is 30.0 Å². The van der Waals surface area contributed by atoms with Crippen LogP contribution >= 0.6 is 0 Å². The molecule has 0 bridgehead atoms. The zero-order valence-electron chi connectivity index (χ0n) is 30.6. The Morgan fingerprint density at radius 2 is 1.41 bits per heavy atom. The van der Waals surface area contributed by atoms with E-state index in [9.17, 15) is 14.0 Å².